The minimum absolute atomic E-state index is 0.150. The Balaban J connectivity index is 2.67. The van der Waals surface area contributed by atoms with Crippen molar-refractivity contribution in [2.24, 2.45) is 0 Å². The molecule has 0 aliphatic heterocycles. The van der Waals surface area contributed by atoms with Crippen molar-refractivity contribution in [1.82, 2.24) is 4.57 Å². The maximum atomic E-state index is 11.6. The molecule has 0 radical (unpaired) electrons. The summed E-state index contributed by atoms with van der Waals surface area (Å²) in [7, 11) is 0. The maximum Gasteiger partial charge on any atom is 0.240 e. The fraction of sp³-hybridized carbons (Fsp3) is 0.200. The first-order chi connectivity index (χ1) is 9.60. The molecule has 0 atom stereocenters. The first-order valence-corrected chi connectivity index (χ1v) is 6.66. The van der Waals surface area contributed by atoms with Crippen molar-refractivity contribution in [3.8, 4) is 11.8 Å². The van der Waals surface area contributed by atoms with Crippen molar-refractivity contribution >= 4 is 23.3 Å². The number of rotatable bonds is 3. The number of nitrogens with zero attached hydrogens (tertiary/aromatic N) is 2. The number of anilines is 1. The second kappa shape index (κ2) is 5.81. The van der Waals surface area contributed by atoms with Crippen LogP contribution in [0.15, 0.2) is 30.3 Å². The van der Waals surface area contributed by atoms with E-state index in [0.29, 0.717) is 11.4 Å². The lowest BCUT2D eigenvalue weighted by molar-refractivity contribution is -0.113. The Morgan fingerprint density at radius 2 is 2.00 bits per heavy atom. The molecule has 0 bridgehead atoms. The van der Waals surface area contributed by atoms with Crippen molar-refractivity contribution in [1.29, 1.82) is 5.26 Å². The Morgan fingerprint density at radius 3 is 2.55 bits per heavy atom. The molecule has 5 heteroatoms. The summed E-state index contributed by atoms with van der Waals surface area (Å²) in [5.74, 6) is -0.0136. The van der Waals surface area contributed by atoms with Crippen LogP contribution in [0.5, 0.6) is 0 Å². The van der Waals surface area contributed by atoms with Crippen LogP contribution >= 0.6 is 11.6 Å². The minimum Gasteiger partial charge on any atom is -0.310 e. The van der Waals surface area contributed by atoms with Crippen molar-refractivity contribution in [2.75, 3.05) is 11.2 Å². The molecule has 2 aromatic rings. The third kappa shape index (κ3) is 2.40. The molecule has 0 aliphatic rings. The average molecular weight is 288 g/mol. The highest BCUT2D eigenvalue weighted by atomic mass is 35.5. The quantitative estimate of drug-likeness (QED) is 0.882. The van der Waals surface area contributed by atoms with Gasteiger partial charge < -0.3 is 5.32 Å². The Hall–Kier alpha value is -2.25. The van der Waals surface area contributed by atoms with Crippen molar-refractivity contribution < 1.29 is 4.79 Å². The van der Waals surface area contributed by atoms with Crippen LogP contribution in [0.1, 0.15) is 16.8 Å². The van der Waals surface area contributed by atoms with E-state index in [1.54, 1.807) is 0 Å². The number of nitriles is 1. The molecule has 4 nitrogen and oxygen atoms in total. The monoisotopic (exact) mass is 287 g/mol. The molecular weight excluding hydrogens is 274 g/mol. The van der Waals surface area contributed by atoms with Crippen LogP contribution in [0.4, 0.5) is 5.82 Å². The number of aromatic nitrogens is 1. The van der Waals surface area contributed by atoms with Crippen LogP contribution in [-0.2, 0) is 4.79 Å². The van der Waals surface area contributed by atoms with Gasteiger partial charge in [0.05, 0.1) is 5.56 Å². The number of hydrogen-bond acceptors (Lipinski definition) is 2. The van der Waals surface area contributed by atoms with Crippen molar-refractivity contribution in [3.63, 3.8) is 0 Å². The van der Waals surface area contributed by atoms with Gasteiger partial charge in [-0.15, -0.1) is 11.6 Å². The molecule has 1 N–H and O–H groups in total. The Labute approximate surface area is 122 Å². The van der Waals surface area contributed by atoms with Gasteiger partial charge in [0.25, 0.3) is 0 Å². The number of hydrogen-bond donors (Lipinski definition) is 1. The van der Waals surface area contributed by atoms with Crippen LogP contribution in [0.25, 0.3) is 5.69 Å². The third-order valence-corrected chi connectivity index (χ3v) is 3.46. The summed E-state index contributed by atoms with van der Waals surface area (Å²) >= 11 is 5.54. The number of amides is 1. The van der Waals surface area contributed by atoms with Gasteiger partial charge in [0.15, 0.2) is 0 Å². The number of carbonyl (C=O) groups is 1. The molecule has 0 unspecified atom stereocenters. The van der Waals surface area contributed by atoms with Gasteiger partial charge in [-0.2, -0.15) is 5.26 Å². The molecule has 1 heterocycles. The lowest BCUT2D eigenvalue weighted by Gasteiger charge is -2.12. The normalized spacial score (nSPS) is 10.1. The van der Waals surface area contributed by atoms with Crippen molar-refractivity contribution in [3.05, 3.63) is 47.2 Å². The average Bonchev–Trinajstić information content (AvgIpc) is 2.71. The zero-order chi connectivity index (χ0) is 14.7. The van der Waals surface area contributed by atoms with Gasteiger partial charge >= 0.3 is 0 Å². The number of carbonyl (C=O) groups excluding carboxylic acids is 1. The molecule has 0 fully saturated rings. The lowest BCUT2D eigenvalue weighted by Crippen LogP contribution is -2.16. The van der Waals surface area contributed by atoms with Crippen LogP contribution in [0, 0.1) is 25.2 Å². The summed E-state index contributed by atoms with van der Waals surface area (Å²) in [6.07, 6.45) is 0. The molecule has 0 saturated carbocycles. The van der Waals surface area contributed by atoms with Crippen LogP contribution in [0.2, 0.25) is 0 Å². The first-order valence-electron chi connectivity index (χ1n) is 6.13. The van der Waals surface area contributed by atoms with Crippen molar-refractivity contribution in [2.45, 2.75) is 13.8 Å². The van der Waals surface area contributed by atoms with Gasteiger partial charge in [0.1, 0.15) is 17.8 Å². The van der Waals surface area contributed by atoms with E-state index < -0.39 is 0 Å². The van der Waals surface area contributed by atoms with Crippen LogP contribution < -0.4 is 5.32 Å². The van der Waals surface area contributed by atoms with Gasteiger partial charge in [-0.25, -0.2) is 0 Å². The van der Waals surface area contributed by atoms with E-state index in [1.807, 2.05) is 48.7 Å². The summed E-state index contributed by atoms with van der Waals surface area (Å²) in [6, 6.07) is 11.7. The predicted molar refractivity (Wildman–Crippen MR) is 79.3 cm³/mol. The van der Waals surface area contributed by atoms with E-state index in [0.717, 1.165) is 16.9 Å². The molecule has 0 saturated heterocycles. The second-order valence-electron chi connectivity index (χ2n) is 4.40. The highest BCUT2D eigenvalue weighted by Crippen LogP contribution is 2.29. The SMILES string of the molecule is Cc1c(C#N)c(NC(=O)CCl)n(-c2ccccc2)c1C. The molecule has 1 aromatic heterocycles. The fourth-order valence-electron chi connectivity index (χ4n) is 2.13. The van der Waals surface area contributed by atoms with Gasteiger partial charge in [0, 0.05) is 11.4 Å². The topological polar surface area (TPSA) is 57.8 Å². The smallest absolute Gasteiger partial charge is 0.240 e. The van der Waals surface area contributed by atoms with Crippen LogP contribution in [0.3, 0.4) is 0 Å². The van der Waals surface area contributed by atoms with E-state index in [4.69, 9.17) is 11.6 Å². The third-order valence-electron chi connectivity index (χ3n) is 3.22. The van der Waals surface area contributed by atoms with Gasteiger partial charge in [-0.05, 0) is 31.5 Å². The number of nitrogens with one attached hydrogen (secondary N) is 1. The van der Waals surface area contributed by atoms with E-state index in [-0.39, 0.29) is 11.8 Å². The standard InChI is InChI=1S/C15H14ClN3O/c1-10-11(2)19(12-6-4-3-5-7-12)15(13(10)9-17)18-14(20)8-16/h3-7H,8H2,1-2H3,(H,18,20). The molecule has 0 spiro atoms. The summed E-state index contributed by atoms with van der Waals surface area (Å²) in [5, 5.41) is 12.0. The summed E-state index contributed by atoms with van der Waals surface area (Å²) in [6.45, 7) is 3.78. The molecule has 2 rings (SSSR count). The van der Waals surface area contributed by atoms with Gasteiger partial charge in [0.2, 0.25) is 5.91 Å². The first kappa shape index (κ1) is 14.2. The molecule has 20 heavy (non-hydrogen) atoms. The molecule has 1 aromatic carbocycles. The Bertz CT molecular complexity index is 683. The zero-order valence-electron chi connectivity index (χ0n) is 11.3. The fourth-order valence-corrected chi connectivity index (χ4v) is 2.19. The highest BCUT2D eigenvalue weighted by Gasteiger charge is 2.20. The van der Waals surface area contributed by atoms with Gasteiger partial charge in [-0.3, -0.25) is 9.36 Å². The molecule has 1 amide bonds. The zero-order valence-corrected chi connectivity index (χ0v) is 12.0. The maximum absolute atomic E-state index is 11.6. The van der Waals surface area contributed by atoms with E-state index in [9.17, 15) is 10.1 Å². The lowest BCUT2D eigenvalue weighted by atomic mass is 10.2. The summed E-state index contributed by atoms with van der Waals surface area (Å²) in [4.78, 5) is 11.6. The molecule has 0 aliphatic carbocycles. The second-order valence-corrected chi connectivity index (χ2v) is 4.67. The van der Waals surface area contributed by atoms with Crippen LogP contribution in [-0.4, -0.2) is 16.4 Å². The summed E-state index contributed by atoms with van der Waals surface area (Å²) < 4.78 is 1.86. The highest BCUT2D eigenvalue weighted by molar-refractivity contribution is 6.29. The van der Waals surface area contributed by atoms with Gasteiger partial charge in [-0.1, -0.05) is 18.2 Å². The Morgan fingerprint density at radius 1 is 1.35 bits per heavy atom. The molecule has 102 valence electrons. The van der Waals surface area contributed by atoms with E-state index >= 15 is 0 Å². The van der Waals surface area contributed by atoms with E-state index in [1.165, 1.54) is 0 Å². The van der Waals surface area contributed by atoms with E-state index in [2.05, 4.69) is 11.4 Å². The molecular formula is C15H14ClN3O. The minimum atomic E-state index is -0.335. The summed E-state index contributed by atoms with van der Waals surface area (Å²) in [5.41, 5.74) is 3.11. The predicted octanol–water partition coefficient (Wildman–Crippen LogP) is 3.14. The number of alkyl halides is 1. The number of halogens is 1. The largest absolute Gasteiger partial charge is 0.310 e. The number of para-hydroxylation sites is 1. The Kier molecular flexibility index (Phi) is 4.11. The number of benzene rings is 1.